The number of nitrogens with zero attached hydrogens (tertiary/aromatic N) is 1. The average molecular weight is 315 g/mol. The Balaban J connectivity index is 2.09. The third-order valence-electron chi connectivity index (χ3n) is 3.65. The van der Waals surface area contributed by atoms with E-state index in [0.29, 0.717) is 0 Å². The number of benzene rings is 3. The Morgan fingerprint density at radius 3 is 1.58 bits per heavy atom. The molecule has 3 aromatic rings. The lowest BCUT2D eigenvalue weighted by Gasteiger charge is -2.08. The number of hydrogen-bond donors (Lipinski definition) is 2. The fraction of sp³-hybridized carbons (Fsp3) is 0. The second-order valence-electron chi connectivity index (χ2n) is 5.35. The highest BCUT2D eigenvalue weighted by Crippen LogP contribution is 2.22. The minimum absolute atomic E-state index is 0.208. The lowest BCUT2D eigenvalue weighted by Crippen LogP contribution is -2.02. The van der Waals surface area contributed by atoms with Crippen molar-refractivity contribution in [2.75, 3.05) is 0 Å². The SMILES string of the molecule is C=Cc1ccc(N=C(c2ccc(O)cc2)c2ccc(O)cc2)cc1. The van der Waals surface area contributed by atoms with Crippen molar-refractivity contribution in [1.29, 1.82) is 0 Å². The summed E-state index contributed by atoms with van der Waals surface area (Å²) in [6.07, 6.45) is 1.79. The first-order chi connectivity index (χ1) is 11.7. The smallest absolute Gasteiger partial charge is 0.115 e. The van der Waals surface area contributed by atoms with Gasteiger partial charge in [-0.15, -0.1) is 0 Å². The van der Waals surface area contributed by atoms with Crippen LogP contribution in [0.3, 0.4) is 0 Å². The summed E-state index contributed by atoms with van der Waals surface area (Å²) in [5, 5.41) is 19.0. The first kappa shape index (κ1) is 15.6. The highest BCUT2D eigenvalue weighted by molar-refractivity contribution is 6.14. The number of rotatable bonds is 4. The molecule has 0 fully saturated rings. The van der Waals surface area contributed by atoms with Crippen LogP contribution in [0.1, 0.15) is 16.7 Å². The van der Waals surface area contributed by atoms with Gasteiger partial charge in [0.2, 0.25) is 0 Å². The number of phenols is 2. The van der Waals surface area contributed by atoms with Gasteiger partial charge in [0.15, 0.2) is 0 Å². The topological polar surface area (TPSA) is 52.8 Å². The maximum atomic E-state index is 9.51. The summed E-state index contributed by atoms with van der Waals surface area (Å²) in [5.41, 5.74) is 4.38. The van der Waals surface area contributed by atoms with E-state index in [4.69, 9.17) is 4.99 Å². The normalized spacial score (nSPS) is 10.2. The summed E-state index contributed by atoms with van der Waals surface area (Å²) >= 11 is 0. The van der Waals surface area contributed by atoms with Crippen LogP contribution in [-0.2, 0) is 0 Å². The molecule has 0 aliphatic heterocycles. The monoisotopic (exact) mass is 315 g/mol. The molecule has 0 aliphatic rings. The predicted molar refractivity (Wildman–Crippen MR) is 98.0 cm³/mol. The van der Waals surface area contributed by atoms with Crippen LogP contribution in [0.2, 0.25) is 0 Å². The summed E-state index contributed by atoms with van der Waals surface area (Å²) in [7, 11) is 0. The summed E-state index contributed by atoms with van der Waals surface area (Å²) in [5.74, 6) is 0.415. The molecular weight excluding hydrogens is 298 g/mol. The van der Waals surface area contributed by atoms with Gasteiger partial charge >= 0.3 is 0 Å². The number of hydrogen-bond acceptors (Lipinski definition) is 3. The second kappa shape index (κ2) is 6.84. The average Bonchev–Trinajstić information content (AvgIpc) is 2.62. The van der Waals surface area contributed by atoms with Gasteiger partial charge in [-0.3, -0.25) is 0 Å². The van der Waals surface area contributed by atoms with Crippen molar-refractivity contribution in [2.24, 2.45) is 4.99 Å². The van der Waals surface area contributed by atoms with Gasteiger partial charge in [-0.1, -0.05) is 24.8 Å². The molecule has 0 bridgehead atoms. The van der Waals surface area contributed by atoms with Crippen LogP contribution < -0.4 is 0 Å². The predicted octanol–water partition coefficient (Wildman–Crippen LogP) is 4.91. The molecule has 0 saturated carbocycles. The molecular formula is C21H17NO2. The van der Waals surface area contributed by atoms with E-state index in [2.05, 4.69) is 6.58 Å². The fourth-order valence-electron chi connectivity index (χ4n) is 2.35. The highest BCUT2D eigenvalue weighted by Gasteiger charge is 2.08. The zero-order chi connectivity index (χ0) is 16.9. The third kappa shape index (κ3) is 3.52. The van der Waals surface area contributed by atoms with Gasteiger partial charge in [0, 0.05) is 11.1 Å². The Hall–Kier alpha value is -3.33. The maximum Gasteiger partial charge on any atom is 0.115 e. The molecule has 3 nitrogen and oxygen atoms in total. The van der Waals surface area contributed by atoms with Crippen molar-refractivity contribution < 1.29 is 10.2 Å². The molecule has 0 heterocycles. The van der Waals surface area contributed by atoms with E-state index in [1.165, 1.54) is 0 Å². The molecule has 0 radical (unpaired) electrons. The van der Waals surface area contributed by atoms with E-state index in [9.17, 15) is 10.2 Å². The Kier molecular flexibility index (Phi) is 4.43. The summed E-state index contributed by atoms with van der Waals surface area (Å²) in [6.45, 7) is 3.75. The van der Waals surface area contributed by atoms with Crippen LogP contribution in [0.15, 0.2) is 84.4 Å². The van der Waals surface area contributed by atoms with Crippen molar-refractivity contribution in [2.45, 2.75) is 0 Å². The van der Waals surface area contributed by atoms with Gasteiger partial charge < -0.3 is 10.2 Å². The molecule has 0 aromatic heterocycles. The minimum Gasteiger partial charge on any atom is -0.508 e. The van der Waals surface area contributed by atoms with Crippen molar-refractivity contribution in [3.05, 3.63) is 96.1 Å². The lowest BCUT2D eigenvalue weighted by atomic mass is 10.0. The largest absolute Gasteiger partial charge is 0.508 e. The molecule has 3 aromatic carbocycles. The molecule has 0 unspecified atom stereocenters. The summed E-state index contributed by atoms with van der Waals surface area (Å²) < 4.78 is 0. The molecule has 0 atom stereocenters. The van der Waals surface area contributed by atoms with Gasteiger partial charge in [-0.25, -0.2) is 4.99 Å². The van der Waals surface area contributed by atoms with E-state index in [1.807, 2.05) is 48.5 Å². The molecule has 24 heavy (non-hydrogen) atoms. The van der Waals surface area contributed by atoms with Gasteiger partial charge in [-0.05, 0) is 66.2 Å². The zero-order valence-corrected chi connectivity index (χ0v) is 13.1. The van der Waals surface area contributed by atoms with Gasteiger partial charge in [0.05, 0.1) is 11.4 Å². The van der Waals surface area contributed by atoms with E-state index in [-0.39, 0.29) is 11.5 Å². The second-order valence-corrected chi connectivity index (χ2v) is 5.35. The van der Waals surface area contributed by atoms with E-state index in [1.54, 1.807) is 30.3 Å². The molecule has 0 spiro atoms. The summed E-state index contributed by atoms with van der Waals surface area (Å²) in [6, 6.07) is 21.6. The molecule has 0 aliphatic carbocycles. The molecule has 3 rings (SSSR count). The molecule has 2 N–H and O–H groups in total. The van der Waals surface area contributed by atoms with Crippen LogP contribution in [0.25, 0.3) is 6.08 Å². The molecule has 0 amide bonds. The molecule has 118 valence electrons. The quantitative estimate of drug-likeness (QED) is 0.672. The number of aliphatic imine (C=N–C) groups is 1. The van der Waals surface area contributed by atoms with Gasteiger partial charge in [0.25, 0.3) is 0 Å². The summed E-state index contributed by atoms with van der Waals surface area (Å²) in [4.78, 5) is 4.75. The Bertz CT molecular complexity index is 814. The van der Waals surface area contributed by atoms with Crippen LogP contribution in [-0.4, -0.2) is 15.9 Å². The van der Waals surface area contributed by atoms with Gasteiger partial charge in [0.1, 0.15) is 11.5 Å². The Morgan fingerprint density at radius 2 is 1.17 bits per heavy atom. The van der Waals surface area contributed by atoms with Crippen LogP contribution >= 0.6 is 0 Å². The molecule has 0 saturated heterocycles. The number of aromatic hydroxyl groups is 2. The van der Waals surface area contributed by atoms with Crippen LogP contribution in [0.4, 0.5) is 5.69 Å². The Morgan fingerprint density at radius 1 is 0.708 bits per heavy atom. The van der Waals surface area contributed by atoms with E-state index >= 15 is 0 Å². The Labute approximate surface area is 140 Å². The van der Waals surface area contributed by atoms with Crippen molar-refractivity contribution in [3.8, 4) is 11.5 Å². The van der Waals surface area contributed by atoms with Gasteiger partial charge in [-0.2, -0.15) is 0 Å². The fourth-order valence-corrected chi connectivity index (χ4v) is 2.35. The highest BCUT2D eigenvalue weighted by atomic mass is 16.3. The van der Waals surface area contributed by atoms with Crippen molar-refractivity contribution in [1.82, 2.24) is 0 Å². The van der Waals surface area contributed by atoms with E-state index in [0.717, 1.165) is 28.1 Å². The zero-order valence-electron chi connectivity index (χ0n) is 13.1. The van der Waals surface area contributed by atoms with E-state index < -0.39 is 0 Å². The van der Waals surface area contributed by atoms with Crippen molar-refractivity contribution in [3.63, 3.8) is 0 Å². The van der Waals surface area contributed by atoms with Crippen molar-refractivity contribution >= 4 is 17.5 Å². The first-order valence-corrected chi connectivity index (χ1v) is 7.56. The number of phenolic OH excluding ortho intramolecular Hbond substituents is 2. The first-order valence-electron chi connectivity index (χ1n) is 7.56. The molecule has 3 heteroatoms. The minimum atomic E-state index is 0.208. The standard InChI is InChI=1S/C21H17NO2/c1-2-15-3-9-18(10-4-15)22-21(16-5-11-19(23)12-6-16)17-7-13-20(24)14-8-17/h2-14,23-24H,1H2. The maximum absolute atomic E-state index is 9.51. The lowest BCUT2D eigenvalue weighted by molar-refractivity contribution is 0.475. The third-order valence-corrected chi connectivity index (χ3v) is 3.65. The van der Waals surface area contributed by atoms with Crippen LogP contribution in [0.5, 0.6) is 11.5 Å². The van der Waals surface area contributed by atoms with Crippen LogP contribution in [0, 0.1) is 0 Å².